The van der Waals surface area contributed by atoms with Crippen LogP contribution in [0.3, 0.4) is 0 Å². The molecule has 0 radical (unpaired) electrons. The van der Waals surface area contributed by atoms with Crippen molar-refractivity contribution in [3.63, 3.8) is 0 Å². The number of aryl methyl sites for hydroxylation is 2. The predicted molar refractivity (Wildman–Crippen MR) is 96.9 cm³/mol. The quantitative estimate of drug-likeness (QED) is 0.745. The highest BCUT2D eigenvalue weighted by molar-refractivity contribution is 5.94. The Kier molecular flexibility index (Phi) is 4.49. The van der Waals surface area contributed by atoms with Crippen molar-refractivity contribution in [2.45, 2.75) is 31.9 Å². The number of nitrogens with zero attached hydrogens (tertiary/aromatic N) is 4. The van der Waals surface area contributed by atoms with E-state index in [0.29, 0.717) is 17.3 Å². The van der Waals surface area contributed by atoms with Crippen LogP contribution in [0.4, 0.5) is 0 Å². The lowest BCUT2D eigenvalue weighted by Crippen LogP contribution is -2.26. The van der Waals surface area contributed by atoms with Crippen molar-refractivity contribution in [2.75, 3.05) is 7.11 Å². The second kappa shape index (κ2) is 6.96. The molecule has 0 saturated heterocycles. The van der Waals surface area contributed by atoms with Gasteiger partial charge in [-0.25, -0.2) is 0 Å². The summed E-state index contributed by atoms with van der Waals surface area (Å²) in [6, 6.07) is 6.05. The number of carbonyl (C=O) groups is 1. The summed E-state index contributed by atoms with van der Waals surface area (Å²) in [5, 5.41) is 11.2. The van der Waals surface area contributed by atoms with Gasteiger partial charge in [-0.1, -0.05) is 17.3 Å². The van der Waals surface area contributed by atoms with Gasteiger partial charge in [0.1, 0.15) is 6.10 Å². The molecule has 1 unspecified atom stereocenters. The van der Waals surface area contributed by atoms with E-state index >= 15 is 0 Å². The zero-order valence-electron chi connectivity index (χ0n) is 15.5. The molecule has 0 saturated carbocycles. The van der Waals surface area contributed by atoms with Crippen LogP contribution < -0.4 is 5.32 Å². The number of hydrogen-bond acceptors (Lipinski definition) is 6. The minimum Gasteiger partial charge on any atom is -0.372 e. The molecule has 1 N–H and O–H groups in total. The van der Waals surface area contributed by atoms with E-state index in [0.717, 1.165) is 24.0 Å². The molecule has 2 aromatic heterocycles. The molecule has 0 aliphatic heterocycles. The Balaban J connectivity index is 1.52. The second-order valence-electron chi connectivity index (χ2n) is 6.72. The van der Waals surface area contributed by atoms with Crippen molar-refractivity contribution in [3.8, 4) is 11.4 Å². The first kappa shape index (κ1) is 17.4. The first-order valence-corrected chi connectivity index (χ1v) is 8.84. The van der Waals surface area contributed by atoms with Crippen molar-refractivity contribution < 1.29 is 14.1 Å². The van der Waals surface area contributed by atoms with E-state index in [-0.39, 0.29) is 18.1 Å². The SMILES string of the molecule is COC(C)c1nc(-c2ccc3c(c2)CC[C@H]3NC(=O)c2cnn(C)c2)no1. The Labute approximate surface area is 156 Å². The number of rotatable bonds is 5. The van der Waals surface area contributed by atoms with Gasteiger partial charge < -0.3 is 14.6 Å². The fraction of sp³-hybridized carbons (Fsp3) is 0.368. The van der Waals surface area contributed by atoms with E-state index in [1.54, 1.807) is 31.2 Å². The molecular weight excluding hydrogens is 346 g/mol. The number of fused-ring (bicyclic) bond motifs is 1. The van der Waals surface area contributed by atoms with Gasteiger partial charge in [0, 0.05) is 25.9 Å². The lowest BCUT2D eigenvalue weighted by Gasteiger charge is -2.13. The average Bonchev–Trinajstić information content (AvgIpc) is 3.40. The molecule has 8 heteroatoms. The molecule has 4 rings (SSSR count). The Bertz CT molecular complexity index is 977. The number of ether oxygens (including phenoxy) is 1. The van der Waals surface area contributed by atoms with E-state index in [1.165, 1.54) is 5.56 Å². The average molecular weight is 367 g/mol. The lowest BCUT2D eigenvalue weighted by molar-refractivity contribution is 0.0886. The summed E-state index contributed by atoms with van der Waals surface area (Å²) in [6.07, 6.45) is 4.79. The third-order valence-corrected chi connectivity index (χ3v) is 4.89. The fourth-order valence-electron chi connectivity index (χ4n) is 3.30. The molecule has 3 aromatic rings. The minimum absolute atomic E-state index is 0.00361. The van der Waals surface area contributed by atoms with Gasteiger partial charge in [0.25, 0.3) is 11.8 Å². The standard InChI is InChI=1S/C19H21N5O3/c1-11(26-3)19-22-17(23-27-19)13-4-6-15-12(8-13)5-7-16(15)21-18(25)14-9-20-24(2)10-14/h4,6,8-11,16H,5,7H2,1-3H3,(H,21,25)/t11?,16-/m1/s1. The maximum absolute atomic E-state index is 12.4. The number of nitrogens with one attached hydrogen (secondary N) is 1. The van der Waals surface area contributed by atoms with Crippen LogP contribution in [0, 0.1) is 0 Å². The van der Waals surface area contributed by atoms with Crippen LogP contribution in [0.1, 0.15) is 52.9 Å². The number of benzene rings is 1. The predicted octanol–water partition coefficient (Wildman–Crippen LogP) is 2.59. The number of hydrogen-bond donors (Lipinski definition) is 1. The van der Waals surface area contributed by atoms with Gasteiger partial charge in [-0.3, -0.25) is 9.48 Å². The van der Waals surface area contributed by atoms with Crippen molar-refractivity contribution in [3.05, 3.63) is 53.2 Å². The number of methoxy groups -OCH3 is 1. The molecular formula is C19H21N5O3. The molecule has 2 heterocycles. The Morgan fingerprint density at radius 2 is 2.30 bits per heavy atom. The minimum atomic E-state index is -0.243. The molecule has 0 spiro atoms. The van der Waals surface area contributed by atoms with E-state index in [1.807, 2.05) is 19.1 Å². The summed E-state index contributed by atoms with van der Waals surface area (Å²) in [6.45, 7) is 1.86. The smallest absolute Gasteiger partial charge is 0.255 e. The molecule has 1 aromatic carbocycles. The molecule has 0 bridgehead atoms. The fourth-order valence-corrected chi connectivity index (χ4v) is 3.30. The molecule has 1 amide bonds. The first-order valence-electron chi connectivity index (χ1n) is 8.84. The molecule has 8 nitrogen and oxygen atoms in total. The molecule has 1 aliphatic carbocycles. The Hall–Kier alpha value is -3.00. The van der Waals surface area contributed by atoms with Crippen molar-refractivity contribution in [1.82, 2.24) is 25.2 Å². The second-order valence-corrected chi connectivity index (χ2v) is 6.72. The van der Waals surface area contributed by atoms with Crippen LogP contribution in [-0.4, -0.2) is 32.9 Å². The topological polar surface area (TPSA) is 95.1 Å². The highest BCUT2D eigenvalue weighted by Gasteiger charge is 2.26. The van der Waals surface area contributed by atoms with Gasteiger partial charge >= 0.3 is 0 Å². The third-order valence-electron chi connectivity index (χ3n) is 4.89. The first-order chi connectivity index (χ1) is 13.0. The van der Waals surface area contributed by atoms with Crippen LogP contribution in [-0.2, 0) is 18.2 Å². The molecule has 2 atom stereocenters. The van der Waals surface area contributed by atoms with E-state index < -0.39 is 0 Å². The van der Waals surface area contributed by atoms with Crippen molar-refractivity contribution in [1.29, 1.82) is 0 Å². The van der Waals surface area contributed by atoms with Gasteiger partial charge in [0.2, 0.25) is 5.82 Å². The van der Waals surface area contributed by atoms with Gasteiger partial charge in [-0.05, 0) is 37.0 Å². The monoisotopic (exact) mass is 367 g/mol. The van der Waals surface area contributed by atoms with Crippen LogP contribution >= 0.6 is 0 Å². The maximum atomic E-state index is 12.4. The molecule has 0 fully saturated rings. The molecule has 1 aliphatic rings. The summed E-state index contributed by atoms with van der Waals surface area (Å²) in [7, 11) is 3.39. The summed E-state index contributed by atoms with van der Waals surface area (Å²) >= 11 is 0. The summed E-state index contributed by atoms with van der Waals surface area (Å²) in [5.74, 6) is 0.885. The van der Waals surface area contributed by atoms with Crippen LogP contribution in [0.2, 0.25) is 0 Å². The largest absolute Gasteiger partial charge is 0.372 e. The van der Waals surface area contributed by atoms with Gasteiger partial charge in [-0.2, -0.15) is 10.1 Å². The molecule has 27 heavy (non-hydrogen) atoms. The summed E-state index contributed by atoms with van der Waals surface area (Å²) in [5.41, 5.74) is 3.78. The zero-order valence-corrected chi connectivity index (χ0v) is 15.5. The van der Waals surface area contributed by atoms with Crippen molar-refractivity contribution >= 4 is 5.91 Å². The lowest BCUT2D eigenvalue weighted by atomic mass is 10.0. The van der Waals surface area contributed by atoms with E-state index in [4.69, 9.17) is 9.26 Å². The van der Waals surface area contributed by atoms with Crippen LogP contribution in [0.25, 0.3) is 11.4 Å². The van der Waals surface area contributed by atoms with Gasteiger partial charge in [0.15, 0.2) is 0 Å². The van der Waals surface area contributed by atoms with Crippen LogP contribution in [0.5, 0.6) is 0 Å². The highest BCUT2D eigenvalue weighted by atomic mass is 16.5. The normalized spacial score (nSPS) is 16.9. The Morgan fingerprint density at radius 1 is 1.44 bits per heavy atom. The van der Waals surface area contributed by atoms with Gasteiger partial charge in [0.05, 0.1) is 17.8 Å². The number of carbonyl (C=O) groups excluding carboxylic acids is 1. The molecule has 140 valence electrons. The highest BCUT2D eigenvalue weighted by Crippen LogP contribution is 2.34. The van der Waals surface area contributed by atoms with E-state index in [9.17, 15) is 4.79 Å². The van der Waals surface area contributed by atoms with E-state index in [2.05, 4.69) is 26.6 Å². The number of amides is 1. The van der Waals surface area contributed by atoms with Crippen molar-refractivity contribution in [2.24, 2.45) is 7.05 Å². The summed E-state index contributed by atoms with van der Waals surface area (Å²) in [4.78, 5) is 16.8. The number of aromatic nitrogens is 4. The zero-order chi connectivity index (χ0) is 19.0. The Morgan fingerprint density at radius 3 is 3.04 bits per heavy atom. The third kappa shape index (κ3) is 3.35. The van der Waals surface area contributed by atoms with Gasteiger partial charge in [-0.15, -0.1) is 0 Å². The van der Waals surface area contributed by atoms with Crippen LogP contribution in [0.15, 0.2) is 35.1 Å². The summed E-state index contributed by atoms with van der Waals surface area (Å²) < 4.78 is 12.1. The maximum Gasteiger partial charge on any atom is 0.255 e.